The van der Waals surface area contributed by atoms with E-state index in [0.717, 1.165) is 0 Å². The zero-order chi connectivity index (χ0) is 15.9. The molecule has 1 saturated heterocycles. The normalized spacial score (nSPS) is 29.8. The molecule has 4 atom stereocenters. The number of alkyl halides is 3. The fraction of sp³-hybridized carbons (Fsp3) is 0.600. The Hall–Kier alpha value is -1.69. The molecule has 0 amide bonds. The van der Waals surface area contributed by atoms with Crippen molar-refractivity contribution in [2.45, 2.75) is 30.7 Å². The fourth-order valence-corrected chi connectivity index (χ4v) is 1.99. The lowest BCUT2D eigenvalue weighted by Gasteiger charge is -2.18. The molecular formula is C10H11F3N2O6. The Morgan fingerprint density at radius 2 is 1.90 bits per heavy atom. The van der Waals surface area contributed by atoms with Gasteiger partial charge in [0, 0.05) is 6.20 Å². The van der Waals surface area contributed by atoms with Gasteiger partial charge in [0.2, 0.25) is 0 Å². The van der Waals surface area contributed by atoms with Crippen LogP contribution in [0.2, 0.25) is 0 Å². The quantitative estimate of drug-likeness (QED) is 0.509. The van der Waals surface area contributed by atoms with Crippen molar-refractivity contribution in [3.63, 3.8) is 0 Å². The van der Waals surface area contributed by atoms with E-state index in [1.54, 1.807) is 0 Å². The zero-order valence-electron chi connectivity index (χ0n) is 10.2. The number of aromatic amines is 1. The molecule has 0 bridgehead atoms. The molecule has 118 valence electrons. The van der Waals surface area contributed by atoms with Gasteiger partial charge in [0.1, 0.15) is 23.9 Å². The Kier molecular flexibility index (Phi) is 3.93. The minimum absolute atomic E-state index is 0.196. The Morgan fingerprint density at radius 1 is 1.29 bits per heavy atom. The Bertz CT molecular complexity index is 639. The van der Waals surface area contributed by atoms with Crippen LogP contribution in [0, 0.1) is 0 Å². The van der Waals surface area contributed by atoms with Crippen molar-refractivity contribution in [2.24, 2.45) is 0 Å². The maximum Gasteiger partial charge on any atom is 0.423 e. The first-order chi connectivity index (χ1) is 9.66. The topological polar surface area (TPSA) is 125 Å². The number of nitrogens with one attached hydrogen (secondary N) is 1. The van der Waals surface area contributed by atoms with Crippen LogP contribution in [0.5, 0.6) is 0 Å². The maximum atomic E-state index is 12.6. The van der Waals surface area contributed by atoms with Crippen LogP contribution in [0.3, 0.4) is 0 Å². The second kappa shape index (κ2) is 5.26. The molecule has 0 aliphatic carbocycles. The van der Waals surface area contributed by atoms with Crippen molar-refractivity contribution in [3.05, 3.63) is 32.6 Å². The highest BCUT2D eigenvalue weighted by atomic mass is 19.4. The standard InChI is InChI=1S/C10H11F3N2O6/c11-10(12,13)3-1-15(9(20)14-7(3)19)8-6(18)5(17)4(2-16)21-8/h1,4-6,8,16-18H,2H2,(H,14,19,20)/t4-,5+,6-,8-/m0/s1. The van der Waals surface area contributed by atoms with Crippen LogP contribution < -0.4 is 11.2 Å². The molecule has 1 aliphatic heterocycles. The van der Waals surface area contributed by atoms with Crippen LogP contribution >= 0.6 is 0 Å². The molecule has 2 heterocycles. The molecule has 0 aromatic carbocycles. The van der Waals surface area contributed by atoms with E-state index in [1.165, 1.54) is 4.98 Å². The number of hydrogen-bond acceptors (Lipinski definition) is 6. The molecule has 0 radical (unpaired) electrons. The largest absolute Gasteiger partial charge is 0.423 e. The summed E-state index contributed by atoms with van der Waals surface area (Å²) in [6.07, 6.45) is -11.1. The van der Waals surface area contributed by atoms with Crippen LogP contribution in [-0.4, -0.2) is 49.8 Å². The third kappa shape index (κ3) is 2.72. The van der Waals surface area contributed by atoms with Gasteiger partial charge in [-0.3, -0.25) is 14.3 Å². The molecular weight excluding hydrogens is 301 g/mol. The molecule has 0 spiro atoms. The molecule has 1 fully saturated rings. The smallest absolute Gasteiger partial charge is 0.394 e. The van der Waals surface area contributed by atoms with Crippen LogP contribution in [0.4, 0.5) is 13.2 Å². The van der Waals surface area contributed by atoms with Gasteiger partial charge in [0.05, 0.1) is 6.61 Å². The van der Waals surface area contributed by atoms with Gasteiger partial charge in [-0.15, -0.1) is 0 Å². The van der Waals surface area contributed by atoms with Gasteiger partial charge in [0.25, 0.3) is 5.56 Å². The first-order valence-electron chi connectivity index (χ1n) is 5.72. The van der Waals surface area contributed by atoms with Gasteiger partial charge < -0.3 is 20.1 Å². The molecule has 21 heavy (non-hydrogen) atoms. The summed E-state index contributed by atoms with van der Waals surface area (Å²) < 4.78 is 43.2. The van der Waals surface area contributed by atoms with Crippen molar-refractivity contribution in [1.29, 1.82) is 0 Å². The van der Waals surface area contributed by atoms with Crippen molar-refractivity contribution in [3.8, 4) is 0 Å². The summed E-state index contributed by atoms with van der Waals surface area (Å²) in [6, 6.07) is 0. The number of ether oxygens (including phenoxy) is 1. The predicted molar refractivity (Wildman–Crippen MR) is 59.3 cm³/mol. The number of aliphatic hydroxyl groups excluding tert-OH is 3. The number of aliphatic hydroxyl groups is 3. The Balaban J connectivity index is 2.50. The SMILES string of the molecule is O=c1[nH]c(=O)n([C@H]2O[C@@H](CO)[C@@H](O)[C@@H]2O)cc1C(F)(F)F. The van der Waals surface area contributed by atoms with Crippen molar-refractivity contribution in [2.75, 3.05) is 6.61 Å². The lowest BCUT2D eigenvalue weighted by atomic mass is 10.1. The molecule has 4 N–H and O–H groups in total. The third-order valence-electron chi connectivity index (χ3n) is 3.06. The number of rotatable bonds is 2. The molecule has 2 rings (SSSR count). The number of hydrogen-bond donors (Lipinski definition) is 4. The summed E-state index contributed by atoms with van der Waals surface area (Å²) in [5.41, 5.74) is -4.53. The lowest BCUT2D eigenvalue weighted by Crippen LogP contribution is -2.40. The molecule has 1 aliphatic rings. The van der Waals surface area contributed by atoms with Gasteiger partial charge in [-0.1, -0.05) is 0 Å². The number of H-pyrrole nitrogens is 1. The fourth-order valence-electron chi connectivity index (χ4n) is 1.99. The second-order valence-electron chi connectivity index (χ2n) is 4.44. The minimum atomic E-state index is -5.01. The zero-order valence-corrected chi connectivity index (χ0v) is 10.2. The first-order valence-corrected chi connectivity index (χ1v) is 5.72. The average molecular weight is 312 g/mol. The highest BCUT2D eigenvalue weighted by molar-refractivity contribution is 5.10. The minimum Gasteiger partial charge on any atom is -0.394 e. The van der Waals surface area contributed by atoms with Gasteiger partial charge in [-0.2, -0.15) is 13.2 Å². The summed E-state index contributed by atoms with van der Waals surface area (Å²) in [5, 5.41) is 28.1. The molecule has 0 saturated carbocycles. The van der Waals surface area contributed by atoms with E-state index in [9.17, 15) is 33.0 Å². The monoisotopic (exact) mass is 312 g/mol. The van der Waals surface area contributed by atoms with E-state index in [4.69, 9.17) is 9.84 Å². The third-order valence-corrected chi connectivity index (χ3v) is 3.06. The van der Waals surface area contributed by atoms with E-state index < -0.39 is 54.1 Å². The van der Waals surface area contributed by atoms with E-state index in [0.29, 0.717) is 4.57 Å². The van der Waals surface area contributed by atoms with Crippen LogP contribution in [0.1, 0.15) is 11.8 Å². The van der Waals surface area contributed by atoms with E-state index in [1.807, 2.05) is 0 Å². The highest BCUT2D eigenvalue weighted by Gasteiger charge is 2.44. The summed E-state index contributed by atoms with van der Waals surface area (Å²) in [4.78, 5) is 24.2. The highest BCUT2D eigenvalue weighted by Crippen LogP contribution is 2.30. The van der Waals surface area contributed by atoms with Gasteiger partial charge in [-0.25, -0.2) is 4.79 Å². The van der Waals surface area contributed by atoms with Crippen molar-refractivity contribution >= 4 is 0 Å². The average Bonchev–Trinajstić information content (AvgIpc) is 2.65. The molecule has 1 aromatic rings. The summed E-state index contributed by atoms with van der Waals surface area (Å²) in [5.74, 6) is 0. The van der Waals surface area contributed by atoms with Crippen molar-refractivity contribution < 1.29 is 33.2 Å². The van der Waals surface area contributed by atoms with E-state index in [-0.39, 0.29) is 6.20 Å². The Morgan fingerprint density at radius 3 is 2.38 bits per heavy atom. The number of nitrogens with zero attached hydrogens (tertiary/aromatic N) is 1. The summed E-state index contributed by atoms with van der Waals surface area (Å²) in [7, 11) is 0. The van der Waals surface area contributed by atoms with Gasteiger partial charge in [-0.05, 0) is 0 Å². The molecule has 1 aromatic heterocycles. The number of aromatic nitrogens is 2. The van der Waals surface area contributed by atoms with Crippen LogP contribution in [0.15, 0.2) is 15.8 Å². The van der Waals surface area contributed by atoms with E-state index in [2.05, 4.69) is 0 Å². The maximum absolute atomic E-state index is 12.6. The number of halogens is 3. The second-order valence-corrected chi connectivity index (χ2v) is 4.44. The van der Waals surface area contributed by atoms with Gasteiger partial charge in [0.15, 0.2) is 6.23 Å². The van der Waals surface area contributed by atoms with Gasteiger partial charge >= 0.3 is 11.9 Å². The first kappa shape index (κ1) is 15.7. The summed E-state index contributed by atoms with van der Waals surface area (Å²) in [6.45, 7) is -0.709. The predicted octanol–water partition coefficient (Wildman–Crippen LogP) is -1.83. The van der Waals surface area contributed by atoms with Crippen LogP contribution in [0.25, 0.3) is 0 Å². The summed E-state index contributed by atoms with van der Waals surface area (Å²) >= 11 is 0. The lowest BCUT2D eigenvalue weighted by molar-refractivity contribution is -0.140. The van der Waals surface area contributed by atoms with Crippen molar-refractivity contribution in [1.82, 2.24) is 9.55 Å². The molecule has 11 heteroatoms. The van der Waals surface area contributed by atoms with E-state index >= 15 is 0 Å². The molecule has 8 nitrogen and oxygen atoms in total. The molecule has 0 unspecified atom stereocenters. The van der Waals surface area contributed by atoms with Crippen LogP contribution in [-0.2, 0) is 10.9 Å². The Labute approximate surface area is 114 Å².